The van der Waals surface area contributed by atoms with Gasteiger partial charge in [-0.3, -0.25) is 9.59 Å². The molecule has 130 valence electrons. The molecule has 2 saturated heterocycles. The molecule has 2 aliphatic rings. The molecule has 0 saturated carbocycles. The first-order valence-electron chi connectivity index (χ1n) is 8.88. The lowest BCUT2D eigenvalue weighted by Gasteiger charge is -2.37. The molecule has 1 atom stereocenters. The number of carbonyl (C=O) groups is 2. The second-order valence-corrected chi connectivity index (χ2v) is 8.02. The summed E-state index contributed by atoms with van der Waals surface area (Å²) in [7, 11) is 0. The quantitative estimate of drug-likeness (QED) is 0.771. The maximum atomic E-state index is 12.7. The minimum Gasteiger partial charge on any atom is -0.342 e. The third kappa shape index (κ3) is 4.00. The van der Waals surface area contributed by atoms with Gasteiger partial charge in [0.2, 0.25) is 5.91 Å². The van der Waals surface area contributed by atoms with Crippen LogP contribution in [0.15, 0.2) is 28.7 Å². The first-order chi connectivity index (χ1) is 11.5. The molecule has 1 aromatic rings. The Labute approximate surface area is 152 Å². The molecule has 2 amide bonds. The molecule has 0 N–H and O–H groups in total. The normalized spacial score (nSPS) is 22.5. The Bertz CT molecular complexity index is 594. The van der Waals surface area contributed by atoms with E-state index in [0.717, 1.165) is 36.8 Å². The van der Waals surface area contributed by atoms with Crippen LogP contribution in [0, 0.1) is 11.8 Å². The summed E-state index contributed by atoms with van der Waals surface area (Å²) in [6, 6.07) is 7.47. The van der Waals surface area contributed by atoms with E-state index in [1.807, 2.05) is 34.1 Å². The van der Waals surface area contributed by atoms with E-state index in [9.17, 15) is 9.59 Å². The molecule has 0 spiro atoms. The minimum atomic E-state index is 0.0694. The van der Waals surface area contributed by atoms with E-state index in [0.29, 0.717) is 30.5 Å². The maximum Gasteiger partial charge on any atom is 0.253 e. The van der Waals surface area contributed by atoms with Crippen molar-refractivity contribution < 1.29 is 9.59 Å². The summed E-state index contributed by atoms with van der Waals surface area (Å²) in [6.07, 6.45) is 3.91. The van der Waals surface area contributed by atoms with E-state index in [-0.39, 0.29) is 11.8 Å². The van der Waals surface area contributed by atoms with Crippen molar-refractivity contribution in [1.82, 2.24) is 9.80 Å². The van der Waals surface area contributed by atoms with Crippen LogP contribution in [-0.4, -0.2) is 47.8 Å². The monoisotopic (exact) mass is 392 g/mol. The molecular formula is C19H25BrN2O2. The first kappa shape index (κ1) is 17.5. The average molecular weight is 393 g/mol. The lowest BCUT2D eigenvalue weighted by Crippen LogP contribution is -2.47. The Morgan fingerprint density at radius 1 is 1.00 bits per heavy atom. The lowest BCUT2D eigenvalue weighted by atomic mass is 9.92. The largest absolute Gasteiger partial charge is 0.342 e. The number of piperidine rings is 2. The highest BCUT2D eigenvalue weighted by atomic mass is 79.9. The van der Waals surface area contributed by atoms with Crippen molar-refractivity contribution in [1.29, 1.82) is 0 Å². The van der Waals surface area contributed by atoms with Crippen molar-refractivity contribution in [2.24, 2.45) is 11.8 Å². The number of halogens is 1. The molecule has 2 fully saturated rings. The van der Waals surface area contributed by atoms with E-state index in [4.69, 9.17) is 0 Å². The van der Waals surface area contributed by atoms with Crippen molar-refractivity contribution >= 4 is 27.7 Å². The summed E-state index contributed by atoms with van der Waals surface area (Å²) in [6.45, 7) is 5.38. The Morgan fingerprint density at radius 2 is 1.67 bits per heavy atom. The van der Waals surface area contributed by atoms with Gasteiger partial charge in [0, 0.05) is 42.1 Å². The number of hydrogen-bond donors (Lipinski definition) is 0. The highest BCUT2D eigenvalue weighted by Crippen LogP contribution is 2.24. The number of likely N-dealkylation sites (tertiary alicyclic amines) is 2. The van der Waals surface area contributed by atoms with Crippen LogP contribution in [0.1, 0.15) is 43.0 Å². The van der Waals surface area contributed by atoms with Gasteiger partial charge in [-0.05, 0) is 55.9 Å². The van der Waals surface area contributed by atoms with E-state index in [1.165, 1.54) is 6.42 Å². The molecule has 0 aromatic heterocycles. The van der Waals surface area contributed by atoms with Crippen molar-refractivity contribution in [3.63, 3.8) is 0 Å². The Kier molecular flexibility index (Phi) is 5.59. The standard InChI is InChI=1S/C19H25BrN2O2/c1-14-3-2-10-22(13-14)19(24)16-8-11-21(12-9-16)18(23)15-4-6-17(20)7-5-15/h4-7,14,16H,2-3,8-13H2,1H3. The van der Waals surface area contributed by atoms with E-state index in [1.54, 1.807) is 0 Å². The number of carbonyl (C=O) groups excluding carboxylic acids is 2. The Balaban J connectivity index is 1.54. The zero-order valence-corrected chi connectivity index (χ0v) is 15.8. The van der Waals surface area contributed by atoms with Crippen LogP contribution in [0.2, 0.25) is 0 Å². The Hall–Kier alpha value is -1.36. The average Bonchev–Trinajstić information content (AvgIpc) is 2.61. The molecule has 3 rings (SSSR count). The topological polar surface area (TPSA) is 40.6 Å². The smallest absolute Gasteiger partial charge is 0.253 e. The fourth-order valence-corrected chi connectivity index (χ4v) is 4.02. The van der Waals surface area contributed by atoms with Crippen LogP contribution in [0.25, 0.3) is 0 Å². The summed E-state index contributed by atoms with van der Waals surface area (Å²) in [4.78, 5) is 29.2. The maximum absolute atomic E-state index is 12.7. The van der Waals surface area contributed by atoms with Crippen LogP contribution < -0.4 is 0 Å². The van der Waals surface area contributed by atoms with Gasteiger partial charge in [0.05, 0.1) is 0 Å². The number of rotatable bonds is 2. The van der Waals surface area contributed by atoms with Crippen LogP contribution in [0.3, 0.4) is 0 Å². The molecule has 5 heteroatoms. The van der Waals surface area contributed by atoms with Crippen LogP contribution in [0.5, 0.6) is 0 Å². The molecule has 1 aromatic carbocycles. The fourth-order valence-electron chi connectivity index (χ4n) is 3.75. The van der Waals surface area contributed by atoms with Crippen molar-refractivity contribution in [2.75, 3.05) is 26.2 Å². The van der Waals surface area contributed by atoms with Gasteiger partial charge >= 0.3 is 0 Å². The van der Waals surface area contributed by atoms with Crippen LogP contribution >= 0.6 is 15.9 Å². The molecular weight excluding hydrogens is 368 g/mol. The van der Waals surface area contributed by atoms with Gasteiger partial charge in [-0.2, -0.15) is 0 Å². The predicted octanol–water partition coefficient (Wildman–Crippen LogP) is 3.56. The summed E-state index contributed by atoms with van der Waals surface area (Å²) in [5.41, 5.74) is 0.716. The highest BCUT2D eigenvalue weighted by molar-refractivity contribution is 9.10. The third-order valence-corrected chi connectivity index (χ3v) is 5.72. The van der Waals surface area contributed by atoms with Gasteiger partial charge in [0.25, 0.3) is 5.91 Å². The first-order valence-corrected chi connectivity index (χ1v) is 9.67. The molecule has 4 nitrogen and oxygen atoms in total. The SMILES string of the molecule is CC1CCCN(C(=O)C2CCN(C(=O)c3ccc(Br)cc3)CC2)C1. The number of amides is 2. The second-order valence-electron chi connectivity index (χ2n) is 7.11. The summed E-state index contributed by atoms with van der Waals surface area (Å²) >= 11 is 3.39. The summed E-state index contributed by atoms with van der Waals surface area (Å²) in [5, 5.41) is 0. The van der Waals surface area contributed by atoms with Crippen LogP contribution in [0.4, 0.5) is 0 Å². The van der Waals surface area contributed by atoms with Crippen molar-refractivity contribution in [3.05, 3.63) is 34.3 Å². The fraction of sp³-hybridized carbons (Fsp3) is 0.579. The molecule has 2 heterocycles. The van der Waals surface area contributed by atoms with Gasteiger partial charge in [-0.15, -0.1) is 0 Å². The van der Waals surface area contributed by atoms with E-state index < -0.39 is 0 Å². The zero-order valence-electron chi connectivity index (χ0n) is 14.2. The van der Waals surface area contributed by atoms with Crippen LogP contribution in [-0.2, 0) is 4.79 Å². The predicted molar refractivity (Wildman–Crippen MR) is 97.7 cm³/mol. The minimum absolute atomic E-state index is 0.0694. The molecule has 0 aliphatic carbocycles. The molecule has 0 bridgehead atoms. The summed E-state index contributed by atoms with van der Waals surface area (Å²) in [5.74, 6) is 1.07. The van der Waals surface area contributed by atoms with E-state index in [2.05, 4.69) is 22.9 Å². The summed E-state index contributed by atoms with van der Waals surface area (Å²) < 4.78 is 0.971. The van der Waals surface area contributed by atoms with Gasteiger partial charge in [0.1, 0.15) is 0 Å². The Morgan fingerprint density at radius 3 is 2.29 bits per heavy atom. The molecule has 24 heavy (non-hydrogen) atoms. The van der Waals surface area contributed by atoms with Gasteiger partial charge < -0.3 is 9.80 Å². The van der Waals surface area contributed by atoms with E-state index >= 15 is 0 Å². The van der Waals surface area contributed by atoms with Gasteiger partial charge in [-0.25, -0.2) is 0 Å². The lowest BCUT2D eigenvalue weighted by molar-refractivity contribution is -0.138. The molecule has 2 aliphatic heterocycles. The van der Waals surface area contributed by atoms with Crippen molar-refractivity contribution in [3.8, 4) is 0 Å². The third-order valence-electron chi connectivity index (χ3n) is 5.19. The number of hydrogen-bond acceptors (Lipinski definition) is 2. The number of benzene rings is 1. The highest BCUT2D eigenvalue weighted by Gasteiger charge is 2.31. The second kappa shape index (κ2) is 7.68. The zero-order chi connectivity index (χ0) is 17.1. The molecule has 0 radical (unpaired) electrons. The van der Waals surface area contributed by atoms with Gasteiger partial charge in [0.15, 0.2) is 0 Å². The van der Waals surface area contributed by atoms with Gasteiger partial charge in [-0.1, -0.05) is 22.9 Å². The number of nitrogens with zero attached hydrogens (tertiary/aromatic N) is 2. The molecule has 1 unspecified atom stereocenters. The van der Waals surface area contributed by atoms with Crippen molar-refractivity contribution in [2.45, 2.75) is 32.6 Å².